The van der Waals surface area contributed by atoms with Gasteiger partial charge in [-0.25, -0.2) is 0 Å². The van der Waals surface area contributed by atoms with Gasteiger partial charge >= 0.3 is 0 Å². The van der Waals surface area contributed by atoms with Crippen molar-refractivity contribution in [2.24, 2.45) is 5.92 Å². The van der Waals surface area contributed by atoms with Crippen molar-refractivity contribution in [1.29, 1.82) is 0 Å². The van der Waals surface area contributed by atoms with E-state index in [4.69, 9.17) is 17.0 Å². The number of hydrogen-bond acceptors (Lipinski definition) is 3. The monoisotopic (exact) mass is 386 g/mol. The zero-order valence-corrected chi connectivity index (χ0v) is 15.8. The summed E-state index contributed by atoms with van der Waals surface area (Å²) in [6, 6.07) is 5.47. The SMILES string of the molecule is CCC(C)NC(=S)NC(=O)c1ccc(OCC(C)C)c(Br)c1. The minimum Gasteiger partial charge on any atom is -0.492 e. The predicted octanol–water partition coefficient (Wildman–Crippen LogP) is 3.89. The number of halogens is 1. The summed E-state index contributed by atoms with van der Waals surface area (Å²) in [5.41, 5.74) is 0.525. The van der Waals surface area contributed by atoms with Crippen LogP contribution in [0.2, 0.25) is 0 Å². The van der Waals surface area contributed by atoms with Crippen LogP contribution in [-0.4, -0.2) is 23.7 Å². The van der Waals surface area contributed by atoms with E-state index in [-0.39, 0.29) is 11.9 Å². The molecule has 0 heterocycles. The molecule has 0 aliphatic rings. The largest absolute Gasteiger partial charge is 0.492 e. The standard InChI is InChI=1S/C16H23BrN2O2S/c1-5-11(4)18-16(22)19-15(20)12-6-7-14(13(17)8-12)21-9-10(2)3/h6-8,10-11H,5,9H2,1-4H3,(H2,18,19,20,22). The number of hydrogen-bond donors (Lipinski definition) is 2. The Balaban J connectivity index is 2.67. The van der Waals surface area contributed by atoms with Gasteiger partial charge in [0.05, 0.1) is 11.1 Å². The molecule has 0 aliphatic heterocycles. The Morgan fingerprint density at radius 3 is 2.59 bits per heavy atom. The predicted molar refractivity (Wildman–Crippen MR) is 97.4 cm³/mol. The molecule has 1 aromatic carbocycles. The number of carbonyl (C=O) groups is 1. The highest BCUT2D eigenvalue weighted by molar-refractivity contribution is 9.10. The van der Waals surface area contributed by atoms with Gasteiger partial charge in [0.15, 0.2) is 5.11 Å². The number of rotatable bonds is 6. The normalized spacial score (nSPS) is 11.9. The molecule has 0 saturated carbocycles. The highest BCUT2D eigenvalue weighted by atomic mass is 79.9. The average Bonchev–Trinajstić information content (AvgIpc) is 2.45. The van der Waals surface area contributed by atoms with Crippen molar-refractivity contribution in [3.8, 4) is 5.75 Å². The summed E-state index contributed by atoms with van der Waals surface area (Å²) in [7, 11) is 0. The number of carbonyl (C=O) groups excluding carboxylic acids is 1. The molecule has 1 amide bonds. The van der Waals surface area contributed by atoms with Crippen LogP contribution in [0.3, 0.4) is 0 Å². The van der Waals surface area contributed by atoms with Gasteiger partial charge in [-0.2, -0.15) is 0 Å². The van der Waals surface area contributed by atoms with E-state index in [0.717, 1.165) is 16.6 Å². The molecule has 1 unspecified atom stereocenters. The Bertz CT molecular complexity index is 535. The molecule has 1 aromatic rings. The molecule has 1 rings (SSSR count). The van der Waals surface area contributed by atoms with Crippen LogP contribution in [0.4, 0.5) is 0 Å². The quantitative estimate of drug-likeness (QED) is 0.728. The van der Waals surface area contributed by atoms with Gasteiger partial charge in [0, 0.05) is 11.6 Å². The smallest absolute Gasteiger partial charge is 0.257 e. The summed E-state index contributed by atoms with van der Waals surface area (Å²) in [6.07, 6.45) is 0.934. The van der Waals surface area contributed by atoms with Crippen molar-refractivity contribution in [1.82, 2.24) is 10.6 Å². The Morgan fingerprint density at radius 1 is 1.36 bits per heavy atom. The first-order chi connectivity index (χ1) is 10.3. The second-order valence-electron chi connectivity index (χ2n) is 5.59. The first-order valence-corrected chi connectivity index (χ1v) is 8.57. The Morgan fingerprint density at radius 2 is 2.05 bits per heavy atom. The van der Waals surface area contributed by atoms with Gasteiger partial charge in [-0.15, -0.1) is 0 Å². The molecule has 0 spiro atoms. The number of thiocarbonyl (C=S) groups is 1. The van der Waals surface area contributed by atoms with E-state index < -0.39 is 0 Å². The van der Waals surface area contributed by atoms with E-state index in [1.54, 1.807) is 18.2 Å². The van der Waals surface area contributed by atoms with Gasteiger partial charge in [-0.05, 0) is 65.6 Å². The van der Waals surface area contributed by atoms with Crippen LogP contribution in [0.15, 0.2) is 22.7 Å². The maximum atomic E-state index is 12.2. The molecular formula is C16H23BrN2O2S. The molecule has 122 valence electrons. The lowest BCUT2D eigenvalue weighted by molar-refractivity contribution is 0.0976. The van der Waals surface area contributed by atoms with Crippen LogP contribution in [0.5, 0.6) is 5.75 Å². The van der Waals surface area contributed by atoms with E-state index in [2.05, 4.69) is 47.3 Å². The Kier molecular flexibility index (Phi) is 7.82. The van der Waals surface area contributed by atoms with Crippen LogP contribution in [0.25, 0.3) is 0 Å². The summed E-state index contributed by atoms with van der Waals surface area (Å²) in [4.78, 5) is 12.2. The van der Waals surface area contributed by atoms with Crippen molar-refractivity contribution in [3.05, 3.63) is 28.2 Å². The number of benzene rings is 1. The molecule has 0 aliphatic carbocycles. The molecule has 1 atom stereocenters. The molecular weight excluding hydrogens is 364 g/mol. The molecule has 0 aromatic heterocycles. The lowest BCUT2D eigenvalue weighted by Gasteiger charge is -2.15. The third kappa shape index (κ3) is 6.32. The van der Waals surface area contributed by atoms with Crippen LogP contribution < -0.4 is 15.4 Å². The van der Waals surface area contributed by atoms with Crippen molar-refractivity contribution in [2.75, 3.05) is 6.61 Å². The zero-order valence-electron chi connectivity index (χ0n) is 13.4. The van der Waals surface area contributed by atoms with Crippen molar-refractivity contribution < 1.29 is 9.53 Å². The molecule has 4 nitrogen and oxygen atoms in total. The second kappa shape index (κ2) is 9.10. The maximum Gasteiger partial charge on any atom is 0.257 e. The molecule has 0 saturated heterocycles. The summed E-state index contributed by atoms with van der Waals surface area (Å²) >= 11 is 8.55. The van der Waals surface area contributed by atoms with Gasteiger partial charge in [0.25, 0.3) is 5.91 Å². The van der Waals surface area contributed by atoms with E-state index in [1.807, 2.05) is 6.92 Å². The molecule has 0 radical (unpaired) electrons. The first kappa shape index (κ1) is 18.9. The van der Waals surface area contributed by atoms with E-state index in [0.29, 0.717) is 23.2 Å². The molecule has 0 fully saturated rings. The van der Waals surface area contributed by atoms with Crippen LogP contribution in [-0.2, 0) is 0 Å². The highest BCUT2D eigenvalue weighted by Crippen LogP contribution is 2.26. The fraction of sp³-hybridized carbons (Fsp3) is 0.500. The molecule has 22 heavy (non-hydrogen) atoms. The molecule has 0 bridgehead atoms. The summed E-state index contributed by atoms with van der Waals surface area (Å²) < 4.78 is 6.42. The van der Waals surface area contributed by atoms with Crippen molar-refractivity contribution in [2.45, 2.75) is 40.2 Å². The third-order valence-electron chi connectivity index (χ3n) is 2.98. The zero-order chi connectivity index (χ0) is 16.7. The topological polar surface area (TPSA) is 50.4 Å². The minimum atomic E-state index is -0.239. The first-order valence-electron chi connectivity index (χ1n) is 7.37. The van der Waals surface area contributed by atoms with Gasteiger partial charge in [0.1, 0.15) is 5.75 Å². The van der Waals surface area contributed by atoms with Gasteiger partial charge in [-0.3, -0.25) is 10.1 Å². The fourth-order valence-electron chi connectivity index (χ4n) is 1.55. The molecule has 6 heteroatoms. The van der Waals surface area contributed by atoms with Gasteiger partial charge < -0.3 is 10.1 Å². The van der Waals surface area contributed by atoms with Gasteiger partial charge in [-0.1, -0.05) is 20.8 Å². The number of ether oxygens (including phenoxy) is 1. The lowest BCUT2D eigenvalue weighted by Crippen LogP contribution is -2.43. The second-order valence-corrected chi connectivity index (χ2v) is 6.85. The third-order valence-corrected chi connectivity index (χ3v) is 3.82. The number of amides is 1. The average molecular weight is 387 g/mol. The van der Waals surface area contributed by atoms with Crippen LogP contribution in [0, 0.1) is 5.92 Å². The van der Waals surface area contributed by atoms with E-state index >= 15 is 0 Å². The lowest BCUT2D eigenvalue weighted by atomic mass is 10.2. The van der Waals surface area contributed by atoms with Gasteiger partial charge in [0.2, 0.25) is 0 Å². The van der Waals surface area contributed by atoms with Crippen molar-refractivity contribution in [3.63, 3.8) is 0 Å². The Labute approximate surface area is 146 Å². The van der Waals surface area contributed by atoms with Crippen LogP contribution in [0.1, 0.15) is 44.5 Å². The Hall–Kier alpha value is -1.14. The fourth-order valence-corrected chi connectivity index (χ4v) is 2.34. The highest BCUT2D eigenvalue weighted by Gasteiger charge is 2.12. The van der Waals surface area contributed by atoms with Crippen LogP contribution >= 0.6 is 28.1 Å². The summed E-state index contributed by atoms with van der Waals surface area (Å²) in [5, 5.41) is 6.07. The summed E-state index contributed by atoms with van der Waals surface area (Å²) in [5.74, 6) is 0.932. The minimum absolute atomic E-state index is 0.228. The summed E-state index contributed by atoms with van der Waals surface area (Å²) in [6.45, 7) is 8.86. The maximum absolute atomic E-state index is 12.2. The van der Waals surface area contributed by atoms with Crippen molar-refractivity contribution >= 4 is 39.2 Å². The van der Waals surface area contributed by atoms with E-state index in [1.165, 1.54) is 0 Å². The van der Waals surface area contributed by atoms with E-state index in [9.17, 15) is 4.79 Å². The number of nitrogens with one attached hydrogen (secondary N) is 2. The molecule has 2 N–H and O–H groups in total.